The first-order valence-electron chi connectivity index (χ1n) is 7.23. The molecule has 21 heavy (non-hydrogen) atoms. The number of hydrogen-bond acceptors (Lipinski definition) is 3. The van der Waals surface area contributed by atoms with Crippen molar-refractivity contribution in [1.82, 2.24) is 4.57 Å². The standard InChI is InChI=1S/C16H21NO4/c1-4-11-9-17(10-16(18)19)13-8-15(21-6-3)14(20-5-2)7-12(11)13/h7-9H,4-6,10H2,1-3H3,(H,18,19). The molecule has 2 aromatic rings. The van der Waals surface area contributed by atoms with Crippen LogP contribution in [0.15, 0.2) is 18.3 Å². The van der Waals surface area contributed by atoms with Gasteiger partial charge in [0.05, 0.1) is 18.7 Å². The molecule has 2 rings (SSSR count). The van der Waals surface area contributed by atoms with E-state index in [2.05, 4.69) is 6.92 Å². The van der Waals surface area contributed by atoms with Gasteiger partial charge in [-0.25, -0.2) is 0 Å². The molecule has 5 heteroatoms. The van der Waals surface area contributed by atoms with Crippen LogP contribution in [-0.2, 0) is 17.8 Å². The van der Waals surface area contributed by atoms with Crippen LogP contribution in [0.1, 0.15) is 26.3 Å². The minimum absolute atomic E-state index is 0.0595. The summed E-state index contributed by atoms with van der Waals surface area (Å²) < 4.78 is 13.0. The number of carboxylic acids is 1. The van der Waals surface area contributed by atoms with Gasteiger partial charge in [-0.15, -0.1) is 0 Å². The predicted octanol–water partition coefficient (Wildman–Crippen LogP) is 3.09. The zero-order chi connectivity index (χ0) is 15.4. The Bertz CT molecular complexity index is 645. The lowest BCUT2D eigenvalue weighted by molar-refractivity contribution is -0.137. The molecule has 0 fully saturated rings. The number of rotatable bonds is 7. The van der Waals surface area contributed by atoms with Gasteiger partial charge < -0.3 is 19.1 Å². The molecule has 0 bridgehead atoms. The van der Waals surface area contributed by atoms with Crippen molar-refractivity contribution in [3.8, 4) is 11.5 Å². The highest BCUT2D eigenvalue weighted by molar-refractivity contribution is 5.88. The molecule has 5 nitrogen and oxygen atoms in total. The van der Waals surface area contributed by atoms with E-state index in [1.165, 1.54) is 0 Å². The third-order valence-corrected chi connectivity index (χ3v) is 3.32. The molecule has 0 atom stereocenters. The molecular formula is C16H21NO4. The molecule has 1 aromatic carbocycles. The highest BCUT2D eigenvalue weighted by atomic mass is 16.5. The zero-order valence-corrected chi connectivity index (χ0v) is 12.7. The van der Waals surface area contributed by atoms with E-state index in [0.29, 0.717) is 24.7 Å². The van der Waals surface area contributed by atoms with Gasteiger partial charge in [-0.3, -0.25) is 4.79 Å². The summed E-state index contributed by atoms with van der Waals surface area (Å²) in [5.41, 5.74) is 1.97. The quantitative estimate of drug-likeness (QED) is 0.851. The number of benzene rings is 1. The fourth-order valence-corrected chi connectivity index (χ4v) is 2.47. The second-order valence-corrected chi connectivity index (χ2v) is 4.71. The summed E-state index contributed by atoms with van der Waals surface area (Å²) >= 11 is 0. The van der Waals surface area contributed by atoms with Crippen LogP contribution in [0.2, 0.25) is 0 Å². The van der Waals surface area contributed by atoms with Crippen LogP contribution in [0, 0.1) is 0 Å². The van der Waals surface area contributed by atoms with Crippen LogP contribution >= 0.6 is 0 Å². The number of carboxylic acid groups (broad SMARTS) is 1. The minimum atomic E-state index is -0.860. The highest BCUT2D eigenvalue weighted by Gasteiger charge is 2.15. The number of aromatic nitrogens is 1. The Morgan fingerprint density at radius 3 is 2.29 bits per heavy atom. The third kappa shape index (κ3) is 3.12. The van der Waals surface area contributed by atoms with Crippen LogP contribution in [-0.4, -0.2) is 28.9 Å². The molecule has 1 heterocycles. The Morgan fingerprint density at radius 1 is 1.14 bits per heavy atom. The van der Waals surface area contributed by atoms with E-state index < -0.39 is 5.97 Å². The van der Waals surface area contributed by atoms with Crippen LogP contribution in [0.25, 0.3) is 10.9 Å². The van der Waals surface area contributed by atoms with Crippen molar-refractivity contribution in [2.75, 3.05) is 13.2 Å². The average molecular weight is 291 g/mol. The van der Waals surface area contributed by atoms with Gasteiger partial charge in [0, 0.05) is 17.6 Å². The molecule has 114 valence electrons. The Labute approximate surface area is 124 Å². The fourth-order valence-electron chi connectivity index (χ4n) is 2.47. The molecule has 0 radical (unpaired) electrons. The van der Waals surface area contributed by atoms with Crippen molar-refractivity contribution in [3.05, 3.63) is 23.9 Å². The van der Waals surface area contributed by atoms with Gasteiger partial charge in [0.25, 0.3) is 0 Å². The summed E-state index contributed by atoms with van der Waals surface area (Å²) in [4.78, 5) is 11.0. The molecule has 0 aliphatic rings. The molecule has 0 unspecified atom stereocenters. The third-order valence-electron chi connectivity index (χ3n) is 3.32. The maximum atomic E-state index is 11.0. The van der Waals surface area contributed by atoms with Crippen molar-refractivity contribution in [3.63, 3.8) is 0 Å². The Balaban J connectivity index is 2.62. The lowest BCUT2D eigenvalue weighted by Crippen LogP contribution is -2.07. The number of hydrogen-bond donors (Lipinski definition) is 1. The molecular weight excluding hydrogens is 270 g/mol. The largest absolute Gasteiger partial charge is 0.490 e. The molecule has 0 aliphatic carbocycles. The first kappa shape index (κ1) is 15.2. The van der Waals surface area contributed by atoms with Crippen LogP contribution in [0.5, 0.6) is 11.5 Å². The van der Waals surface area contributed by atoms with Crippen molar-refractivity contribution in [1.29, 1.82) is 0 Å². The van der Waals surface area contributed by atoms with Gasteiger partial charge >= 0.3 is 5.97 Å². The zero-order valence-electron chi connectivity index (χ0n) is 12.7. The Kier molecular flexibility index (Phi) is 4.73. The van der Waals surface area contributed by atoms with E-state index in [1.807, 2.05) is 32.2 Å². The Morgan fingerprint density at radius 2 is 1.76 bits per heavy atom. The first-order chi connectivity index (χ1) is 10.1. The van der Waals surface area contributed by atoms with Crippen LogP contribution in [0.4, 0.5) is 0 Å². The predicted molar refractivity (Wildman–Crippen MR) is 81.3 cm³/mol. The molecule has 1 aromatic heterocycles. The summed E-state index contributed by atoms with van der Waals surface area (Å²) in [5, 5.41) is 10.1. The van der Waals surface area contributed by atoms with E-state index >= 15 is 0 Å². The first-order valence-corrected chi connectivity index (χ1v) is 7.23. The van der Waals surface area contributed by atoms with Crippen molar-refractivity contribution in [2.45, 2.75) is 33.7 Å². The van der Waals surface area contributed by atoms with Gasteiger partial charge in [0.1, 0.15) is 6.54 Å². The second-order valence-electron chi connectivity index (χ2n) is 4.71. The molecule has 0 saturated carbocycles. The van der Waals surface area contributed by atoms with Gasteiger partial charge in [-0.05, 0) is 31.9 Å². The molecule has 1 N–H and O–H groups in total. The summed E-state index contributed by atoms with van der Waals surface area (Å²) in [6.07, 6.45) is 2.73. The summed E-state index contributed by atoms with van der Waals surface area (Å²) in [7, 11) is 0. The number of carbonyl (C=O) groups is 1. The van der Waals surface area contributed by atoms with E-state index in [9.17, 15) is 4.79 Å². The van der Waals surface area contributed by atoms with Gasteiger partial charge in [-0.2, -0.15) is 0 Å². The second kappa shape index (κ2) is 6.52. The maximum Gasteiger partial charge on any atom is 0.323 e. The van der Waals surface area contributed by atoms with Crippen molar-refractivity contribution in [2.24, 2.45) is 0 Å². The minimum Gasteiger partial charge on any atom is -0.490 e. The van der Waals surface area contributed by atoms with Crippen LogP contribution in [0.3, 0.4) is 0 Å². The lowest BCUT2D eigenvalue weighted by Gasteiger charge is -2.12. The van der Waals surface area contributed by atoms with E-state index in [0.717, 1.165) is 22.9 Å². The van der Waals surface area contributed by atoms with Gasteiger partial charge in [-0.1, -0.05) is 6.92 Å². The molecule has 0 spiro atoms. The topological polar surface area (TPSA) is 60.7 Å². The number of aliphatic carboxylic acids is 1. The van der Waals surface area contributed by atoms with E-state index in [-0.39, 0.29) is 6.54 Å². The number of ether oxygens (including phenoxy) is 2. The fraction of sp³-hybridized carbons (Fsp3) is 0.438. The SMILES string of the molecule is CCOc1cc2c(CC)cn(CC(=O)O)c2cc1OCC. The molecule has 0 saturated heterocycles. The maximum absolute atomic E-state index is 11.0. The van der Waals surface area contributed by atoms with E-state index in [4.69, 9.17) is 14.6 Å². The van der Waals surface area contributed by atoms with Crippen molar-refractivity contribution < 1.29 is 19.4 Å². The van der Waals surface area contributed by atoms with Crippen molar-refractivity contribution >= 4 is 16.9 Å². The molecule has 0 aliphatic heterocycles. The normalized spacial score (nSPS) is 10.8. The number of nitrogens with zero attached hydrogens (tertiary/aromatic N) is 1. The Hall–Kier alpha value is -2.17. The summed E-state index contributed by atoms with van der Waals surface area (Å²) in [6.45, 7) is 6.92. The monoisotopic (exact) mass is 291 g/mol. The number of fused-ring (bicyclic) bond motifs is 1. The van der Waals surface area contributed by atoms with Gasteiger partial charge in [0.15, 0.2) is 11.5 Å². The van der Waals surface area contributed by atoms with Gasteiger partial charge in [0.2, 0.25) is 0 Å². The van der Waals surface area contributed by atoms with Crippen LogP contribution < -0.4 is 9.47 Å². The summed E-state index contributed by atoms with van der Waals surface area (Å²) in [5.74, 6) is 0.496. The summed E-state index contributed by atoms with van der Waals surface area (Å²) in [6, 6.07) is 3.81. The van der Waals surface area contributed by atoms with E-state index in [1.54, 1.807) is 4.57 Å². The number of aryl methyl sites for hydroxylation is 1. The smallest absolute Gasteiger partial charge is 0.323 e. The average Bonchev–Trinajstić information content (AvgIpc) is 2.76. The molecule has 0 amide bonds. The lowest BCUT2D eigenvalue weighted by atomic mass is 10.1. The highest BCUT2D eigenvalue weighted by Crippen LogP contribution is 2.35.